The van der Waals surface area contributed by atoms with E-state index in [4.69, 9.17) is 0 Å². The van der Waals surface area contributed by atoms with Gasteiger partial charge in [0.15, 0.2) is 0 Å². The van der Waals surface area contributed by atoms with Gasteiger partial charge in [0.05, 0.1) is 16.6 Å². The predicted molar refractivity (Wildman–Crippen MR) is 56.2 cm³/mol. The molecular formula is C11H10FNO3. The first-order valence-corrected chi connectivity index (χ1v) is 4.49. The summed E-state index contributed by atoms with van der Waals surface area (Å²) in [6.07, 6.45) is 0. The molecule has 5 heteroatoms. The van der Waals surface area contributed by atoms with E-state index in [1.54, 1.807) is 0 Å². The second-order valence-electron chi connectivity index (χ2n) is 3.73. The third-order valence-electron chi connectivity index (χ3n) is 1.67. The molecular weight excluding hydrogens is 213 g/mol. The van der Waals surface area contributed by atoms with Gasteiger partial charge in [-0.15, -0.1) is 0 Å². The quantitative estimate of drug-likeness (QED) is 0.449. The van der Waals surface area contributed by atoms with Gasteiger partial charge in [0, 0.05) is 6.07 Å². The minimum Gasteiger partial charge on any atom is -0.378 e. The maximum atomic E-state index is 13.3. The molecule has 0 spiro atoms. The number of hydrogen-bond donors (Lipinski definition) is 1. The van der Waals surface area contributed by atoms with Gasteiger partial charge in [0.1, 0.15) is 11.4 Å². The van der Waals surface area contributed by atoms with Gasteiger partial charge >= 0.3 is 0 Å². The number of benzene rings is 1. The normalized spacial score (nSPS) is 10.5. The Hall–Kier alpha value is -1.93. The fraction of sp³-hybridized carbons (Fsp3) is 0.273. The molecule has 0 aromatic heterocycles. The van der Waals surface area contributed by atoms with E-state index >= 15 is 0 Å². The van der Waals surface area contributed by atoms with Crippen molar-refractivity contribution in [3.05, 3.63) is 39.7 Å². The molecule has 0 bridgehead atoms. The van der Waals surface area contributed by atoms with E-state index in [0.29, 0.717) is 0 Å². The van der Waals surface area contributed by atoms with Crippen LogP contribution in [0.5, 0.6) is 0 Å². The van der Waals surface area contributed by atoms with Crippen molar-refractivity contribution in [3.8, 4) is 11.8 Å². The van der Waals surface area contributed by atoms with Gasteiger partial charge in [0.25, 0.3) is 5.69 Å². The van der Waals surface area contributed by atoms with Crippen LogP contribution >= 0.6 is 0 Å². The van der Waals surface area contributed by atoms with Crippen LogP contribution in [0.2, 0.25) is 0 Å². The number of nitrogens with zero attached hydrogens (tertiary/aromatic N) is 1. The highest BCUT2D eigenvalue weighted by Gasteiger charge is 2.10. The Morgan fingerprint density at radius 2 is 2.12 bits per heavy atom. The Bertz CT molecular complexity index is 480. The number of rotatable bonds is 1. The van der Waals surface area contributed by atoms with Crippen molar-refractivity contribution in [2.75, 3.05) is 0 Å². The zero-order chi connectivity index (χ0) is 12.3. The second kappa shape index (κ2) is 4.29. The molecule has 0 radical (unpaired) electrons. The van der Waals surface area contributed by atoms with Crippen LogP contribution in [0, 0.1) is 27.8 Å². The molecule has 0 unspecified atom stereocenters. The van der Waals surface area contributed by atoms with Crippen LogP contribution in [0.25, 0.3) is 0 Å². The van der Waals surface area contributed by atoms with Crippen LogP contribution in [-0.4, -0.2) is 15.6 Å². The molecule has 16 heavy (non-hydrogen) atoms. The topological polar surface area (TPSA) is 63.4 Å². The Morgan fingerprint density at radius 1 is 1.50 bits per heavy atom. The summed E-state index contributed by atoms with van der Waals surface area (Å²) in [5.74, 6) is 4.07. The van der Waals surface area contributed by atoms with Crippen LogP contribution < -0.4 is 0 Å². The molecule has 0 amide bonds. The highest BCUT2D eigenvalue weighted by atomic mass is 19.1. The molecule has 0 aliphatic rings. The fourth-order valence-corrected chi connectivity index (χ4v) is 0.939. The van der Waals surface area contributed by atoms with E-state index in [0.717, 1.165) is 12.1 Å². The summed E-state index contributed by atoms with van der Waals surface area (Å²) in [6, 6.07) is 3.18. The standard InChI is InChI=1S/C11H10FNO3/c1-11(2,14)6-5-8-3-4-9(13(15)16)7-10(8)12/h3-4,7,14H,1-2H3. The Morgan fingerprint density at radius 3 is 2.56 bits per heavy atom. The lowest BCUT2D eigenvalue weighted by Crippen LogP contribution is -2.14. The lowest BCUT2D eigenvalue weighted by molar-refractivity contribution is -0.385. The third kappa shape index (κ3) is 3.33. The molecule has 0 fully saturated rings. The summed E-state index contributed by atoms with van der Waals surface area (Å²) < 4.78 is 13.3. The summed E-state index contributed by atoms with van der Waals surface area (Å²) in [5, 5.41) is 19.7. The number of nitro benzene ring substituents is 1. The summed E-state index contributed by atoms with van der Waals surface area (Å²) in [6.45, 7) is 2.92. The molecule has 84 valence electrons. The van der Waals surface area contributed by atoms with E-state index in [2.05, 4.69) is 11.8 Å². The van der Waals surface area contributed by atoms with Gasteiger partial charge in [-0.2, -0.15) is 0 Å². The zero-order valence-corrected chi connectivity index (χ0v) is 8.82. The van der Waals surface area contributed by atoms with Crippen LogP contribution in [0.3, 0.4) is 0 Å². The molecule has 0 heterocycles. The Balaban J connectivity index is 3.08. The number of aliphatic hydroxyl groups is 1. The molecule has 0 aliphatic carbocycles. The van der Waals surface area contributed by atoms with Gasteiger partial charge in [-0.3, -0.25) is 10.1 Å². The minimum atomic E-state index is -1.23. The van der Waals surface area contributed by atoms with Crippen molar-refractivity contribution in [2.45, 2.75) is 19.4 Å². The molecule has 1 rings (SSSR count). The van der Waals surface area contributed by atoms with Crippen LogP contribution in [-0.2, 0) is 0 Å². The SMILES string of the molecule is CC(C)(O)C#Cc1ccc([N+](=O)[O-])cc1F. The number of nitro groups is 1. The van der Waals surface area contributed by atoms with Crippen LogP contribution in [0.1, 0.15) is 19.4 Å². The molecule has 4 nitrogen and oxygen atoms in total. The van der Waals surface area contributed by atoms with Gasteiger partial charge in [0.2, 0.25) is 0 Å². The summed E-state index contributed by atoms with van der Waals surface area (Å²) in [7, 11) is 0. The number of non-ortho nitro benzene ring substituents is 1. The van der Waals surface area contributed by atoms with Crippen molar-refractivity contribution in [3.63, 3.8) is 0 Å². The van der Waals surface area contributed by atoms with E-state index in [9.17, 15) is 19.6 Å². The average molecular weight is 223 g/mol. The summed E-state index contributed by atoms with van der Waals surface area (Å²) in [4.78, 5) is 9.66. The van der Waals surface area contributed by atoms with Crippen molar-refractivity contribution in [1.29, 1.82) is 0 Å². The molecule has 0 saturated heterocycles. The number of halogens is 1. The Kier molecular flexibility index (Phi) is 3.25. The van der Waals surface area contributed by atoms with E-state index in [-0.39, 0.29) is 11.3 Å². The van der Waals surface area contributed by atoms with Gasteiger partial charge in [-0.25, -0.2) is 4.39 Å². The largest absolute Gasteiger partial charge is 0.378 e. The molecule has 1 aromatic rings. The minimum absolute atomic E-state index is 0.0210. The summed E-state index contributed by atoms with van der Waals surface area (Å²) in [5.41, 5.74) is -1.53. The molecule has 1 aromatic carbocycles. The maximum Gasteiger partial charge on any atom is 0.272 e. The average Bonchev–Trinajstić information content (AvgIpc) is 2.14. The molecule has 0 aliphatic heterocycles. The molecule has 1 N–H and O–H groups in total. The lowest BCUT2D eigenvalue weighted by Gasteiger charge is -2.05. The summed E-state index contributed by atoms with van der Waals surface area (Å²) >= 11 is 0. The molecule has 0 saturated carbocycles. The monoisotopic (exact) mass is 223 g/mol. The fourth-order valence-electron chi connectivity index (χ4n) is 0.939. The zero-order valence-electron chi connectivity index (χ0n) is 8.82. The van der Waals surface area contributed by atoms with Crippen molar-refractivity contribution in [1.82, 2.24) is 0 Å². The maximum absolute atomic E-state index is 13.3. The Labute approximate surface area is 91.9 Å². The van der Waals surface area contributed by atoms with Crippen LogP contribution in [0.4, 0.5) is 10.1 Å². The first-order valence-electron chi connectivity index (χ1n) is 4.49. The van der Waals surface area contributed by atoms with E-state index < -0.39 is 16.3 Å². The number of hydrogen-bond acceptors (Lipinski definition) is 3. The first-order chi connectivity index (χ1) is 7.29. The predicted octanol–water partition coefficient (Wildman–Crippen LogP) is 1.86. The van der Waals surface area contributed by atoms with E-state index in [1.165, 1.54) is 19.9 Å². The van der Waals surface area contributed by atoms with Crippen molar-refractivity contribution in [2.24, 2.45) is 0 Å². The van der Waals surface area contributed by atoms with E-state index in [1.807, 2.05) is 0 Å². The highest BCUT2D eigenvalue weighted by Crippen LogP contribution is 2.15. The van der Waals surface area contributed by atoms with Gasteiger partial charge in [-0.1, -0.05) is 11.8 Å². The van der Waals surface area contributed by atoms with Crippen LogP contribution in [0.15, 0.2) is 18.2 Å². The third-order valence-corrected chi connectivity index (χ3v) is 1.67. The molecule has 0 atom stereocenters. The van der Waals surface area contributed by atoms with Gasteiger partial charge < -0.3 is 5.11 Å². The smallest absolute Gasteiger partial charge is 0.272 e. The van der Waals surface area contributed by atoms with Crippen molar-refractivity contribution < 1.29 is 14.4 Å². The highest BCUT2D eigenvalue weighted by molar-refractivity contribution is 5.43. The second-order valence-corrected chi connectivity index (χ2v) is 3.73. The van der Waals surface area contributed by atoms with Crippen molar-refractivity contribution >= 4 is 5.69 Å². The lowest BCUT2D eigenvalue weighted by atomic mass is 10.1. The van der Waals surface area contributed by atoms with Gasteiger partial charge in [-0.05, 0) is 19.9 Å². The first kappa shape index (κ1) is 12.1.